The molecule has 0 aliphatic carbocycles. The largest absolute Gasteiger partial charge is 0.392 e. The van der Waals surface area contributed by atoms with Crippen LogP contribution in [-0.2, 0) is 6.42 Å². The van der Waals surface area contributed by atoms with Crippen molar-refractivity contribution < 1.29 is 5.11 Å². The van der Waals surface area contributed by atoms with E-state index in [4.69, 9.17) is 0 Å². The fraction of sp³-hybridized carbons (Fsp3) is 0.600. The number of hydrogen-bond acceptors (Lipinski definition) is 3. The zero-order valence-corrected chi connectivity index (χ0v) is 13.0. The highest BCUT2D eigenvalue weighted by atomic mass is 32.2. The van der Waals surface area contributed by atoms with E-state index in [-0.39, 0.29) is 6.10 Å². The molecule has 0 bridgehead atoms. The van der Waals surface area contributed by atoms with Crippen molar-refractivity contribution in [3.05, 3.63) is 34.9 Å². The normalized spacial score (nSPS) is 26.0. The first-order valence-electron chi connectivity index (χ1n) is 6.56. The number of rotatable bonds is 3. The summed E-state index contributed by atoms with van der Waals surface area (Å²) in [5.74, 6) is 2.39. The lowest BCUT2D eigenvalue weighted by atomic mass is 9.96. The van der Waals surface area contributed by atoms with E-state index < -0.39 is 0 Å². The molecule has 0 radical (unpaired) electrons. The van der Waals surface area contributed by atoms with Crippen LogP contribution < -0.4 is 0 Å². The van der Waals surface area contributed by atoms with Crippen molar-refractivity contribution in [2.45, 2.75) is 43.8 Å². The first-order valence-corrected chi connectivity index (χ1v) is 8.65. The van der Waals surface area contributed by atoms with Crippen LogP contribution in [0.2, 0.25) is 0 Å². The monoisotopic (exact) mass is 282 g/mol. The van der Waals surface area contributed by atoms with Gasteiger partial charge in [-0.25, -0.2) is 0 Å². The van der Waals surface area contributed by atoms with Crippen LogP contribution in [0.15, 0.2) is 18.2 Å². The summed E-state index contributed by atoms with van der Waals surface area (Å²) in [6, 6.07) is 6.37. The van der Waals surface area contributed by atoms with Gasteiger partial charge in [0.25, 0.3) is 0 Å². The average Bonchev–Trinajstić information content (AvgIpc) is 2.34. The molecule has 2 rings (SSSR count). The van der Waals surface area contributed by atoms with Crippen LogP contribution in [0.5, 0.6) is 0 Å². The summed E-state index contributed by atoms with van der Waals surface area (Å²) in [6.45, 7) is 6.53. The molecular formula is C15H22OS2. The molecule has 0 saturated carbocycles. The number of aryl methyl sites for hydroxylation is 2. The minimum Gasteiger partial charge on any atom is -0.392 e. The molecule has 1 aliphatic rings. The van der Waals surface area contributed by atoms with Gasteiger partial charge in [-0.1, -0.05) is 25.1 Å². The summed E-state index contributed by atoms with van der Waals surface area (Å²) in [6.07, 6.45) is 0.568. The van der Waals surface area contributed by atoms with E-state index in [2.05, 4.69) is 39.0 Å². The number of aliphatic hydroxyl groups is 1. The molecule has 1 aliphatic heterocycles. The Morgan fingerprint density at radius 3 is 2.44 bits per heavy atom. The fourth-order valence-electron chi connectivity index (χ4n) is 2.57. The van der Waals surface area contributed by atoms with E-state index in [0.717, 1.165) is 6.42 Å². The predicted octanol–water partition coefficient (Wildman–Crippen LogP) is 3.44. The highest BCUT2D eigenvalue weighted by molar-refractivity contribution is 8.07. The van der Waals surface area contributed by atoms with Gasteiger partial charge in [0, 0.05) is 22.0 Å². The van der Waals surface area contributed by atoms with Crippen LogP contribution in [0.1, 0.15) is 23.6 Å². The van der Waals surface area contributed by atoms with Crippen molar-refractivity contribution in [1.82, 2.24) is 0 Å². The van der Waals surface area contributed by atoms with Crippen molar-refractivity contribution >= 4 is 23.5 Å². The van der Waals surface area contributed by atoms with Crippen LogP contribution in [0.4, 0.5) is 0 Å². The molecule has 0 aromatic heterocycles. The van der Waals surface area contributed by atoms with Gasteiger partial charge in [-0.05, 0) is 37.0 Å². The van der Waals surface area contributed by atoms with Gasteiger partial charge in [-0.15, -0.1) is 0 Å². The Hall–Kier alpha value is -0.120. The van der Waals surface area contributed by atoms with Gasteiger partial charge in [0.15, 0.2) is 0 Å². The third-order valence-corrected chi connectivity index (χ3v) is 6.91. The molecule has 0 spiro atoms. The Kier molecular flexibility index (Phi) is 5.05. The smallest absolute Gasteiger partial charge is 0.0709 e. The van der Waals surface area contributed by atoms with E-state index in [0.29, 0.717) is 10.5 Å². The Balaban J connectivity index is 2.08. The van der Waals surface area contributed by atoms with Crippen LogP contribution in [0, 0.1) is 13.8 Å². The zero-order chi connectivity index (χ0) is 13.1. The SMILES string of the molecule is Cc1cccc(C)c1CC(O)C1SCCSC1C. The van der Waals surface area contributed by atoms with Gasteiger partial charge >= 0.3 is 0 Å². The van der Waals surface area contributed by atoms with Gasteiger partial charge in [0.2, 0.25) is 0 Å². The second-order valence-corrected chi connectivity index (χ2v) is 7.82. The van der Waals surface area contributed by atoms with E-state index >= 15 is 0 Å². The quantitative estimate of drug-likeness (QED) is 0.917. The van der Waals surface area contributed by atoms with E-state index in [1.807, 2.05) is 23.5 Å². The highest BCUT2D eigenvalue weighted by Gasteiger charge is 2.29. The Bertz CT molecular complexity index is 385. The highest BCUT2D eigenvalue weighted by Crippen LogP contribution is 2.34. The van der Waals surface area contributed by atoms with Gasteiger partial charge in [-0.3, -0.25) is 0 Å². The maximum atomic E-state index is 10.5. The summed E-state index contributed by atoms with van der Waals surface area (Å²) in [4.78, 5) is 0. The molecule has 100 valence electrons. The second-order valence-electron chi connectivity index (χ2n) is 5.05. The predicted molar refractivity (Wildman–Crippen MR) is 83.8 cm³/mol. The Morgan fingerprint density at radius 1 is 1.22 bits per heavy atom. The topological polar surface area (TPSA) is 20.2 Å². The van der Waals surface area contributed by atoms with E-state index in [1.165, 1.54) is 28.2 Å². The molecule has 1 aromatic rings. The Labute approximate surface area is 119 Å². The van der Waals surface area contributed by atoms with Crippen LogP contribution in [0.25, 0.3) is 0 Å². The lowest BCUT2D eigenvalue weighted by Crippen LogP contribution is -2.36. The van der Waals surface area contributed by atoms with Gasteiger partial charge in [-0.2, -0.15) is 23.5 Å². The van der Waals surface area contributed by atoms with Crippen LogP contribution >= 0.6 is 23.5 Å². The van der Waals surface area contributed by atoms with Crippen molar-refractivity contribution in [3.63, 3.8) is 0 Å². The molecule has 3 heteroatoms. The molecule has 0 amide bonds. The van der Waals surface area contributed by atoms with Crippen molar-refractivity contribution in [1.29, 1.82) is 0 Å². The summed E-state index contributed by atoms with van der Waals surface area (Å²) >= 11 is 3.93. The second kappa shape index (κ2) is 6.36. The summed E-state index contributed by atoms with van der Waals surface area (Å²) in [5, 5.41) is 11.4. The summed E-state index contributed by atoms with van der Waals surface area (Å²) < 4.78 is 0. The fourth-order valence-corrected chi connectivity index (χ4v) is 5.41. The first kappa shape index (κ1) is 14.3. The molecule has 1 heterocycles. The maximum absolute atomic E-state index is 10.5. The van der Waals surface area contributed by atoms with Gasteiger partial charge in [0.05, 0.1) is 6.10 Å². The van der Waals surface area contributed by atoms with Crippen molar-refractivity contribution in [2.75, 3.05) is 11.5 Å². The Morgan fingerprint density at radius 2 is 1.83 bits per heavy atom. The van der Waals surface area contributed by atoms with Crippen LogP contribution in [-0.4, -0.2) is 33.2 Å². The zero-order valence-electron chi connectivity index (χ0n) is 11.3. The van der Waals surface area contributed by atoms with E-state index in [9.17, 15) is 5.11 Å². The molecule has 18 heavy (non-hydrogen) atoms. The van der Waals surface area contributed by atoms with E-state index in [1.54, 1.807) is 0 Å². The summed E-state index contributed by atoms with van der Waals surface area (Å²) in [7, 11) is 0. The molecule has 3 unspecified atom stereocenters. The molecule has 3 atom stereocenters. The number of aliphatic hydroxyl groups excluding tert-OH is 1. The average molecular weight is 282 g/mol. The molecule has 1 aromatic carbocycles. The van der Waals surface area contributed by atoms with Crippen molar-refractivity contribution in [3.8, 4) is 0 Å². The number of benzene rings is 1. The minimum absolute atomic E-state index is 0.224. The first-order chi connectivity index (χ1) is 8.59. The minimum atomic E-state index is -0.224. The third kappa shape index (κ3) is 3.25. The lowest BCUT2D eigenvalue weighted by Gasteiger charge is -2.32. The summed E-state index contributed by atoms with van der Waals surface area (Å²) in [5.41, 5.74) is 3.93. The number of hydrogen-bond donors (Lipinski definition) is 1. The molecular weight excluding hydrogens is 260 g/mol. The molecule has 1 fully saturated rings. The molecule has 1 N–H and O–H groups in total. The molecule has 1 saturated heterocycles. The van der Waals surface area contributed by atoms with Gasteiger partial charge < -0.3 is 5.11 Å². The van der Waals surface area contributed by atoms with Crippen LogP contribution in [0.3, 0.4) is 0 Å². The van der Waals surface area contributed by atoms with Crippen molar-refractivity contribution in [2.24, 2.45) is 0 Å². The van der Waals surface area contributed by atoms with Gasteiger partial charge in [0.1, 0.15) is 0 Å². The lowest BCUT2D eigenvalue weighted by molar-refractivity contribution is 0.171. The number of thioether (sulfide) groups is 2. The maximum Gasteiger partial charge on any atom is 0.0709 e. The standard InChI is InChI=1S/C15H22OS2/c1-10-5-4-6-11(2)13(10)9-14(16)15-12(3)17-7-8-18-15/h4-6,12,14-16H,7-9H2,1-3H3. The third-order valence-electron chi connectivity index (χ3n) is 3.67. The molecule has 1 nitrogen and oxygen atoms in total.